The van der Waals surface area contributed by atoms with E-state index in [0.717, 1.165) is 35.2 Å². The predicted molar refractivity (Wildman–Crippen MR) is 129 cm³/mol. The van der Waals surface area contributed by atoms with E-state index in [2.05, 4.69) is 40.9 Å². The van der Waals surface area contributed by atoms with E-state index in [1.54, 1.807) is 24.4 Å². The Kier molecular flexibility index (Phi) is 7.45. The van der Waals surface area contributed by atoms with E-state index in [0.29, 0.717) is 12.1 Å². The highest BCUT2D eigenvalue weighted by atomic mass is 19.4. The zero-order valence-corrected chi connectivity index (χ0v) is 19.3. The maximum absolute atomic E-state index is 12.7. The van der Waals surface area contributed by atoms with E-state index in [1.165, 1.54) is 0 Å². The minimum Gasteiger partial charge on any atom is -0.449 e. The number of H-pyrrole nitrogens is 2. The molecule has 0 bridgehead atoms. The van der Waals surface area contributed by atoms with Gasteiger partial charge in [0.05, 0.1) is 17.3 Å². The first kappa shape index (κ1) is 26.0. The number of carboxylic acid groups (broad SMARTS) is 1. The van der Waals surface area contributed by atoms with E-state index in [-0.39, 0.29) is 36.1 Å². The number of carbonyl (C=O) groups is 3. The normalized spacial score (nSPS) is 11.2. The molecule has 0 aliphatic rings. The number of urea groups is 1. The summed E-state index contributed by atoms with van der Waals surface area (Å²) in [6, 6.07) is 8.13. The lowest BCUT2D eigenvalue weighted by atomic mass is 10.2. The second-order valence-electron chi connectivity index (χ2n) is 7.96. The number of hydrogen-bond acceptors (Lipinski definition) is 6. The van der Waals surface area contributed by atoms with Gasteiger partial charge in [0.1, 0.15) is 5.82 Å². The molecule has 2 aromatic heterocycles. The van der Waals surface area contributed by atoms with Crippen LogP contribution in [0.4, 0.5) is 40.0 Å². The molecule has 0 atom stereocenters. The molecule has 38 heavy (non-hydrogen) atoms. The topological polar surface area (TPSA) is 174 Å². The number of fused-ring (bicyclic) bond motifs is 1. The minimum atomic E-state index is -4.52. The lowest BCUT2D eigenvalue weighted by molar-refractivity contribution is -0.137. The molecule has 6 N–H and O–H groups in total. The molecule has 0 aliphatic heterocycles. The van der Waals surface area contributed by atoms with Crippen LogP contribution in [0, 0.1) is 0 Å². The van der Waals surface area contributed by atoms with Crippen molar-refractivity contribution in [2.24, 2.45) is 0 Å². The summed E-state index contributed by atoms with van der Waals surface area (Å²) >= 11 is 0. The number of alkyl halides is 3. The van der Waals surface area contributed by atoms with Crippen LogP contribution in [0.1, 0.15) is 24.2 Å². The third kappa shape index (κ3) is 6.77. The molecule has 15 heteroatoms. The van der Waals surface area contributed by atoms with Crippen molar-refractivity contribution in [1.29, 1.82) is 0 Å². The number of aromatic amines is 2. The molecule has 4 aromatic rings. The third-order valence-electron chi connectivity index (χ3n) is 5.15. The third-order valence-corrected chi connectivity index (χ3v) is 5.15. The lowest BCUT2D eigenvalue weighted by Crippen LogP contribution is -2.20. The van der Waals surface area contributed by atoms with Gasteiger partial charge in [-0.25, -0.2) is 9.59 Å². The van der Waals surface area contributed by atoms with Gasteiger partial charge in [0.15, 0.2) is 5.82 Å². The van der Waals surface area contributed by atoms with Gasteiger partial charge in [-0.05, 0) is 48.9 Å². The number of amides is 3. The molecular formula is C23H20F3N7O5. The summed E-state index contributed by atoms with van der Waals surface area (Å²) in [5.74, 6) is -0.646. The number of imidazole rings is 1. The van der Waals surface area contributed by atoms with Crippen LogP contribution in [0.25, 0.3) is 10.9 Å². The molecule has 0 saturated heterocycles. The van der Waals surface area contributed by atoms with Gasteiger partial charge in [0.25, 0.3) is 5.88 Å². The van der Waals surface area contributed by atoms with E-state index >= 15 is 0 Å². The molecule has 0 unspecified atom stereocenters. The molecule has 0 radical (unpaired) electrons. The highest BCUT2D eigenvalue weighted by Gasteiger charge is 2.30. The lowest BCUT2D eigenvalue weighted by Gasteiger charge is -2.09. The molecule has 2 aromatic carbocycles. The average molecular weight is 531 g/mol. The predicted octanol–water partition coefficient (Wildman–Crippen LogP) is 4.97. The summed E-state index contributed by atoms with van der Waals surface area (Å²) < 4.78 is 42.7. The number of carbonyl (C=O) groups excluding carboxylic acids is 2. The van der Waals surface area contributed by atoms with Gasteiger partial charge >= 0.3 is 18.4 Å². The van der Waals surface area contributed by atoms with Crippen molar-refractivity contribution >= 4 is 46.2 Å². The van der Waals surface area contributed by atoms with Crippen LogP contribution in [-0.2, 0) is 17.4 Å². The van der Waals surface area contributed by atoms with E-state index < -0.39 is 29.8 Å². The number of halogens is 3. The molecule has 0 spiro atoms. The first-order valence-electron chi connectivity index (χ1n) is 11.0. The Morgan fingerprint density at radius 3 is 2.45 bits per heavy atom. The number of anilines is 3. The Morgan fingerprint density at radius 1 is 1.00 bits per heavy atom. The molecule has 3 amide bonds. The summed E-state index contributed by atoms with van der Waals surface area (Å²) in [4.78, 5) is 42.3. The molecule has 0 aliphatic carbocycles. The Labute approximate surface area is 211 Å². The van der Waals surface area contributed by atoms with Crippen molar-refractivity contribution in [3.05, 3.63) is 60.0 Å². The highest BCUT2D eigenvalue weighted by Crippen LogP contribution is 2.30. The summed E-state index contributed by atoms with van der Waals surface area (Å²) in [6.07, 6.45) is -3.90. The van der Waals surface area contributed by atoms with E-state index in [1.807, 2.05) is 0 Å². The zero-order chi connectivity index (χ0) is 27.3. The highest BCUT2D eigenvalue weighted by molar-refractivity contribution is 6.00. The smallest absolute Gasteiger partial charge is 0.449 e. The van der Waals surface area contributed by atoms with Crippen molar-refractivity contribution in [2.45, 2.75) is 25.4 Å². The van der Waals surface area contributed by atoms with Crippen LogP contribution in [0.15, 0.2) is 48.7 Å². The van der Waals surface area contributed by atoms with Gasteiger partial charge in [0.2, 0.25) is 5.91 Å². The summed E-state index contributed by atoms with van der Waals surface area (Å²) in [5, 5.41) is 23.9. The quantitative estimate of drug-likeness (QED) is 0.174. The Hall–Kier alpha value is -5.08. The molecule has 0 fully saturated rings. The number of benzene rings is 2. The van der Waals surface area contributed by atoms with Crippen molar-refractivity contribution in [1.82, 2.24) is 20.2 Å². The largest absolute Gasteiger partial charge is 0.512 e. The number of hydrogen-bond donors (Lipinski definition) is 6. The van der Waals surface area contributed by atoms with Crippen molar-refractivity contribution in [3.63, 3.8) is 0 Å². The minimum absolute atomic E-state index is 0.0638. The Morgan fingerprint density at radius 2 is 1.74 bits per heavy atom. The average Bonchev–Trinajstić information content (AvgIpc) is 3.44. The summed E-state index contributed by atoms with van der Waals surface area (Å²) in [6.45, 7) is 0. The SMILES string of the molecule is O=C(CCCc1nc(OC(=O)O)c(NC(=O)Nc2ccc(C(F)(F)F)cc2)[nH]1)Nc1ccc2[nH]ncc2c1. The zero-order valence-electron chi connectivity index (χ0n) is 19.3. The number of aryl methyl sites for hydroxylation is 1. The van der Waals surface area contributed by atoms with Gasteiger partial charge < -0.3 is 25.5 Å². The van der Waals surface area contributed by atoms with Crippen LogP contribution in [-0.4, -0.2) is 43.4 Å². The fraction of sp³-hybridized carbons (Fsp3) is 0.174. The Balaban J connectivity index is 1.33. The number of rotatable bonds is 8. The van der Waals surface area contributed by atoms with Crippen molar-refractivity contribution in [2.75, 3.05) is 16.0 Å². The number of nitrogens with one attached hydrogen (secondary N) is 5. The first-order chi connectivity index (χ1) is 18.1. The van der Waals surface area contributed by atoms with E-state index in [4.69, 9.17) is 5.11 Å². The molecule has 12 nitrogen and oxygen atoms in total. The summed E-state index contributed by atoms with van der Waals surface area (Å²) in [5.41, 5.74) is 0.614. The number of nitrogens with zero attached hydrogens (tertiary/aromatic N) is 2. The molecule has 4 rings (SSSR count). The molecule has 0 saturated carbocycles. The standard InChI is InChI=1S/C23H20F3N7O5/c24-23(25,26)13-4-6-14(7-5-13)29-21(35)32-19-20(38-22(36)37)31-17(30-19)2-1-3-18(34)28-15-8-9-16-12(10-15)11-27-33-16/h4-11H,1-3H2,(H,27,33)(H,28,34)(H,30,31)(H,36,37)(H2,29,32,35). The second kappa shape index (κ2) is 10.9. The van der Waals surface area contributed by atoms with E-state index in [9.17, 15) is 27.6 Å². The van der Waals surface area contributed by atoms with Crippen molar-refractivity contribution in [3.8, 4) is 5.88 Å². The fourth-order valence-corrected chi connectivity index (χ4v) is 3.44. The van der Waals surface area contributed by atoms with Gasteiger partial charge in [-0.1, -0.05) is 0 Å². The monoisotopic (exact) mass is 531 g/mol. The van der Waals surface area contributed by atoms with Crippen LogP contribution < -0.4 is 20.7 Å². The van der Waals surface area contributed by atoms with Gasteiger partial charge in [-0.2, -0.15) is 23.3 Å². The number of aromatic nitrogens is 4. The van der Waals surface area contributed by atoms with Gasteiger partial charge in [0, 0.05) is 29.6 Å². The number of ether oxygens (including phenoxy) is 1. The second-order valence-corrected chi connectivity index (χ2v) is 7.96. The van der Waals surface area contributed by atoms with Crippen LogP contribution >= 0.6 is 0 Å². The molecule has 198 valence electrons. The van der Waals surface area contributed by atoms with Gasteiger partial charge in [-0.3, -0.25) is 15.2 Å². The molecule has 2 heterocycles. The maximum Gasteiger partial charge on any atom is 0.512 e. The van der Waals surface area contributed by atoms with Crippen LogP contribution in [0.5, 0.6) is 5.88 Å². The van der Waals surface area contributed by atoms with Gasteiger partial charge in [-0.15, -0.1) is 0 Å². The molecular weight excluding hydrogens is 511 g/mol. The fourth-order valence-electron chi connectivity index (χ4n) is 3.44. The Bertz CT molecular complexity index is 1460. The summed E-state index contributed by atoms with van der Waals surface area (Å²) in [7, 11) is 0. The van der Waals surface area contributed by atoms with Crippen LogP contribution in [0.3, 0.4) is 0 Å². The van der Waals surface area contributed by atoms with Crippen LogP contribution in [0.2, 0.25) is 0 Å². The van der Waals surface area contributed by atoms with Crippen molar-refractivity contribution < 1.29 is 37.4 Å². The first-order valence-corrected chi connectivity index (χ1v) is 11.0. The maximum atomic E-state index is 12.7.